The number of benzene rings is 2. The fourth-order valence-electron chi connectivity index (χ4n) is 3.98. The van der Waals surface area contributed by atoms with Gasteiger partial charge in [0.15, 0.2) is 5.69 Å². The number of rotatable bonds is 8. The highest BCUT2D eigenvalue weighted by Crippen LogP contribution is 2.24. The minimum atomic E-state index is -0.326. The lowest BCUT2D eigenvalue weighted by Crippen LogP contribution is -3.14. The Morgan fingerprint density at radius 2 is 1.76 bits per heavy atom. The number of hydrogen-bond donors (Lipinski definition) is 2. The molecule has 2 aromatic carbocycles. The molecular formula is C24H29N4O5+. The van der Waals surface area contributed by atoms with Gasteiger partial charge in [-0.3, -0.25) is 9.59 Å². The average molecular weight is 454 g/mol. The summed E-state index contributed by atoms with van der Waals surface area (Å²) in [5, 5.41) is 8.34. The minimum Gasteiger partial charge on any atom is -0.497 e. The Morgan fingerprint density at radius 3 is 2.42 bits per heavy atom. The Hall–Kier alpha value is -3.43. The largest absolute Gasteiger partial charge is 0.497 e. The van der Waals surface area contributed by atoms with Crippen LogP contribution in [0.4, 0.5) is 0 Å². The van der Waals surface area contributed by atoms with Crippen molar-refractivity contribution in [3.63, 3.8) is 0 Å². The number of hydrogen-bond acceptors (Lipinski definition) is 6. The third kappa shape index (κ3) is 5.15. The van der Waals surface area contributed by atoms with Gasteiger partial charge in [-0.2, -0.15) is 9.78 Å². The standard InChI is InChI=1S/C24H28N4O5/c1-31-18-14-17(15-19(16-18)32-2)28-24(30)21-7-4-3-6-20(21)22(26-28)23(29)25-8-5-9-27-10-12-33-13-11-27/h3-4,6-7,14-16H,5,8-13H2,1-2H3,(H,25,29)/p+1. The number of methoxy groups -OCH3 is 2. The number of fused-ring (bicyclic) bond motifs is 1. The first-order valence-corrected chi connectivity index (χ1v) is 11.1. The first kappa shape index (κ1) is 22.8. The van der Waals surface area contributed by atoms with Crippen LogP contribution in [-0.4, -0.2) is 69.3 Å². The molecular weight excluding hydrogens is 424 g/mol. The highest BCUT2D eigenvalue weighted by molar-refractivity contribution is 6.04. The number of aromatic nitrogens is 2. The van der Waals surface area contributed by atoms with Crippen molar-refractivity contribution in [2.24, 2.45) is 0 Å². The van der Waals surface area contributed by atoms with Crippen molar-refractivity contribution in [1.29, 1.82) is 0 Å². The van der Waals surface area contributed by atoms with Crippen molar-refractivity contribution in [2.45, 2.75) is 6.42 Å². The second-order valence-electron chi connectivity index (χ2n) is 7.90. The van der Waals surface area contributed by atoms with Gasteiger partial charge in [-0.1, -0.05) is 18.2 Å². The van der Waals surface area contributed by atoms with Gasteiger partial charge >= 0.3 is 0 Å². The number of nitrogens with one attached hydrogen (secondary N) is 2. The highest BCUT2D eigenvalue weighted by Gasteiger charge is 2.19. The van der Waals surface area contributed by atoms with Crippen LogP contribution in [0.25, 0.3) is 16.5 Å². The zero-order chi connectivity index (χ0) is 23.2. The molecule has 1 aliphatic heterocycles. The highest BCUT2D eigenvalue weighted by atomic mass is 16.5. The van der Waals surface area contributed by atoms with Crippen molar-refractivity contribution in [1.82, 2.24) is 15.1 Å². The molecule has 0 unspecified atom stereocenters. The van der Waals surface area contributed by atoms with Crippen LogP contribution < -0.4 is 25.2 Å². The van der Waals surface area contributed by atoms with Crippen molar-refractivity contribution in [3.05, 3.63) is 58.5 Å². The van der Waals surface area contributed by atoms with Crippen LogP contribution in [0.5, 0.6) is 11.5 Å². The van der Waals surface area contributed by atoms with Crippen LogP contribution in [0, 0.1) is 0 Å². The van der Waals surface area contributed by atoms with Crippen molar-refractivity contribution >= 4 is 16.7 Å². The van der Waals surface area contributed by atoms with E-state index in [9.17, 15) is 9.59 Å². The van der Waals surface area contributed by atoms with E-state index in [-0.39, 0.29) is 17.2 Å². The summed E-state index contributed by atoms with van der Waals surface area (Å²) in [4.78, 5) is 27.8. The molecule has 9 nitrogen and oxygen atoms in total. The Morgan fingerprint density at radius 1 is 1.09 bits per heavy atom. The molecule has 9 heteroatoms. The molecule has 4 rings (SSSR count). The molecule has 1 amide bonds. The number of morpholine rings is 1. The summed E-state index contributed by atoms with van der Waals surface area (Å²) >= 11 is 0. The average Bonchev–Trinajstić information content (AvgIpc) is 2.87. The summed E-state index contributed by atoms with van der Waals surface area (Å²) in [6, 6.07) is 12.1. The van der Waals surface area contributed by atoms with Gasteiger partial charge in [-0.25, -0.2) is 0 Å². The van der Waals surface area contributed by atoms with Gasteiger partial charge in [0, 0.05) is 36.6 Å². The van der Waals surface area contributed by atoms with Gasteiger partial charge in [-0.05, 0) is 6.07 Å². The Balaban J connectivity index is 1.62. The second kappa shape index (κ2) is 10.5. The second-order valence-corrected chi connectivity index (χ2v) is 7.90. The maximum Gasteiger partial charge on any atom is 0.279 e. The van der Waals surface area contributed by atoms with Crippen molar-refractivity contribution in [2.75, 3.05) is 53.6 Å². The van der Waals surface area contributed by atoms with Crippen molar-refractivity contribution in [3.8, 4) is 17.2 Å². The number of carbonyl (C=O) groups excluding carboxylic acids is 1. The number of amides is 1. The molecule has 1 fully saturated rings. The summed E-state index contributed by atoms with van der Waals surface area (Å²) < 4.78 is 17.3. The molecule has 2 N–H and O–H groups in total. The SMILES string of the molecule is COc1cc(OC)cc(-n2nc(C(=O)NCCC[NH+]3CCOCC3)c3ccccc3c2=O)c1. The van der Waals surface area contributed by atoms with Crippen LogP contribution in [0.1, 0.15) is 16.9 Å². The van der Waals surface area contributed by atoms with Crippen LogP contribution in [0.15, 0.2) is 47.3 Å². The van der Waals surface area contributed by atoms with E-state index in [1.54, 1.807) is 42.5 Å². The van der Waals surface area contributed by atoms with Crippen LogP contribution in [0.2, 0.25) is 0 Å². The lowest BCUT2D eigenvalue weighted by atomic mass is 10.1. The molecule has 1 aliphatic rings. The van der Waals surface area contributed by atoms with Gasteiger partial charge in [0.1, 0.15) is 24.6 Å². The van der Waals surface area contributed by atoms with E-state index in [0.29, 0.717) is 34.5 Å². The van der Waals surface area contributed by atoms with Gasteiger partial charge in [0.25, 0.3) is 11.5 Å². The first-order valence-electron chi connectivity index (χ1n) is 11.1. The molecule has 0 bridgehead atoms. The summed E-state index contributed by atoms with van der Waals surface area (Å²) in [5.41, 5.74) is 0.325. The molecule has 33 heavy (non-hydrogen) atoms. The van der Waals surface area contributed by atoms with Gasteiger partial charge in [0.2, 0.25) is 0 Å². The lowest BCUT2D eigenvalue weighted by Gasteiger charge is -2.23. The first-order chi connectivity index (χ1) is 16.1. The van der Waals surface area contributed by atoms with Crippen LogP contribution in [0.3, 0.4) is 0 Å². The maximum atomic E-state index is 13.2. The fourth-order valence-corrected chi connectivity index (χ4v) is 3.98. The van der Waals surface area contributed by atoms with Gasteiger partial charge in [-0.15, -0.1) is 0 Å². The van der Waals surface area contributed by atoms with Crippen molar-refractivity contribution < 1.29 is 23.9 Å². The van der Waals surface area contributed by atoms with E-state index < -0.39 is 0 Å². The number of ether oxygens (including phenoxy) is 3. The van der Waals surface area contributed by atoms with E-state index in [1.807, 2.05) is 0 Å². The zero-order valence-corrected chi connectivity index (χ0v) is 18.9. The smallest absolute Gasteiger partial charge is 0.279 e. The van der Waals surface area contributed by atoms with Crippen LogP contribution >= 0.6 is 0 Å². The van der Waals surface area contributed by atoms with Crippen LogP contribution in [-0.2, 0) is 4.74 Å². The Kier molecular flexibility index (Phi) is 7.21. The fraction of sp³-hybridized carbons (Fsp3) is 0.375. The molecule has 1 aromatic heterocycles. The van der Waals surface area contributed by atoms with E-state index >= 15 is 0 Å². The molecule has 0 saturated carbocycles. The van der Waals surface area contributed by atoms with E-state index in [2.05, 4.69) is 10.4 Å². The minimum absolute atomic E-state index is 0.200. The monoisotopic (exact) mass is 453 g/mol. The van der Waals surface area contributed by atoms with Gasteiger partial charge in [0.05, 0.1) is 45.1 Å². The number of nitrogens with zero attached hydrogens (tertiary/aromatic N) is 2. The topological polar surface area (TPSA) is 96.1 Å². The third-order valence-electron chi connectivity index (χ3n) is 5.79. The molecule has 0 radical (unpaired) electrons. The summed E-state index contributed by atoms with van der Waals surface area (Å²) in [6.45, 7) is 5.07. The molecule has 0 aliphatic carbocycles. The Bertz CT molecular complexity index is 1160. The summed E-state index contributed by atoms with van der Waals surface area (Å²) in [5.74, 6) is 0.720. The normalized spacial score (nSPS) is 14.2. The number of carbonyl (C=O) groups is 1. The molecule has 3 aromatic rings. The summed E-state index contributed by atoms with van der Waals surface area (Å²) in [6.07, 6.45) is 0.853. The summed E-state index contributed by atoms with van der Waals surface area (Å²) in [7, 11) is 3.07. The molecule has 0 spiro atoms. The maximum absolute atomic E-state index is 13.2. The molecule has 0 atom stereocenters. The number of quaternary nitrogens is 1. The Labute approximate surface area is 191 Å². The third-order valence-corrected chi connectivity index (χ3v) is 5.79. The van der Waals surface area contributed by atoms with E-state index in [0.717, 1.165) is 39.3 Å². The zero-order valence-electron chi connectivity index (χ0n) is 18.9. The van der Waals surface area contributed by atoms with Gasteiger partial charge < -0.3 is 24.4 Å². The van der Waals surface area contributed by atoms with E-state index in [1.165, 1.54) is 23.8 Å². The molecule has 174 valence electrons. The van der Waals surface area contributed by atoms with E-state index in [4.69, 9.17) is 14.2 Å². The molecule has 1 saturated heterocycles. The molecule has 2 heterocycles. The predicted octanol–water partition coefficient (Wildman–Crippen LogP) is 0.438. The lowest BCUT2D eigenvalue weighted by molar-refractivity contribution is -0.908. The quantitative estimate of drug-likeness (QED) is 0.481. The predicted molar refractivity (Wildman–Crippen MR) is 124 cm³/mol.